The first-order valence-electron chi connectivity index (χ1n) is 12.1. The number of nitrogens with two attached hydrogens (primary N) is 1. The highest BCUT2D eigenvalue weighted by atomic mass is 19.1. The first kappa shape index (κ1) is 24.1. The molecule has 1 aliphatic rings. The predicted molar refractivity (Wildman–Crippen MR) is 145 cm³/mol. The van der Waals surface area contributed by atoms with Crippen LogP contribution in [0.2, 0.25) is 0 Å². The number of carbonyl (C=O) groups is 1. The van der Waals surface area contributed by atoms with Crippen molar-refractivity contribution in [3.8, 4) is 11.1 Å². The number of benzene rings is 2. The van der Waals surface area contributed by atoms with Crippen LogP contribution in [-0.2, 0) is 4.79 Å². The van der Waals surface area contributed by atoms with Crippen LogP contribution in [0, 0.1) is 17.1 Å². The molecule has 7 nitrogen and oxygen atoms in total. The van der Waals surface area contributed by atoms with Crippen molar-refractivity contribution in [2.24, 2.45) is 10.9 Å². The second-order valence-corrected chi connectivity index (χ2v) is 9.41. The van der Waals surface area contributed by atoms with Crippen LogP contribution in [0.1, 0.15) is 43.0 Å². The van der Waals surface area contributed by atoms with Gasteiger partial charge >= 0.3 is 0 Å². The number of amides is 1. The van der Waals surface area contributed by atoms with E-state index in [0.717, 1.165) is 27.7 Å². The highest BCUT2D eigenvalue weighted by Crippen LogP contribution is 2.32. The van der Waals surface area contributed by atoms with Crippen LogP contribution in [0.25, 0.3) is 22.0 Å². The summed E-state index contributed by atoms with van der Waals surface area (Å²) in [4.78, 5) is 24.1. The molecule has 37 heavy (non-hydrogen) atoms. The third kappa shape index (κ3) is 4.78. The quantitative estimate of drug-likeness (QED) is 0.263. The summed E-state index contributed by atoms with van der Waals surface area (Å²) >= 11 is 0. The van der Waals surface area contributed by atoms with Crippen molar-refractivity contribution in [2.75, 3.05) is 5.73 Å². The topological polar surface area (TPSA) is 120 Å². The number of hydrogen-bond donors (Lipinski definition) is 4. The number of nitrogens with zero attached hydrogens (tertiary/aromatic N) is 2. The minimum Gasteiger partial charge on any atom is -0.383 e. The fraction of sp³-hybridized carbons (Fsp3) is 0.172. The normalized spacial score (nSPS) is 15.1. The van der Waals surface area contributed by atoms with Gasteiger partial charge in [-0.1, -0.05) is 44.2 Å². The first-order chi connectivity index (χ1) is 17.8. The molecule has 0 aliphatic carbocycles. The van der Waals surface area contributed by atoms with E-state index in [-0.39, 0.29) is 35.1 Å². The molecule has 0 saturated heterocycles. The number of halogens is 1. The van der Waals surface area contributed by atoms with Crippen molar-refractivity contribution >= 4 is 34.6 Å². The van der Waals surface area contributed by atoms with Crippen molar-refractivity contribution < 1.29 is 9.18 Å². The van der Waals surface area contributed by atoms with E-state index in [1.807, 2.05) is 44.2 Å². The Morgan fingerprint density at radius 3 is 2.73 bits per heavy atom. The molecule has 0 bridgehead atoms. The molecule has 2 aromatic carbocycles. The fourth-order valence-electron chi connectivity index (χ4n) is 4.41. The SMILES string of the molecule is CC(C)C(=O)NC1=CN=CC(c2cnc(N)c(C(=N)c3cc4c(-c5ccccc5F)cccc4[nH]3)c2)C1. The lowest BCUT2D eigenvalue weighted by molar-refractivity contribution is -0.123. The van der Waals surface area contributed by atoms with Gasteiger partial charge in [0.1, 0.15) is 11.6 Å². The molecule has 186 valence electrons. The fourth-order valence-corrected chi connectivity index (χ4v) is 4.41. The molecule has 1 aliphatic heterocycles. The van der Waals surface area contributed by atoms with Crippen LogP contribution in [0.15, 0.2) is 77.7 Å². The van der Waals surface area contributed by atoms with Gasteiger partial charge in [0.15, 0.2) is 0 Å². The summed E-state index contributed by atoms with van der Waals surface area (Å²) in [6.45, 7) is 3.68. The summed E-state index contributed by atoms with van der Waals surface area (Å²) in [5, 5.41) is 12.7. The second-order valence-electron chi connectivity index (χ2n) is 9.41. The Morgan fingerprint density at radius 1 is 1.16 bits per heavy atom. The monoisotopic (exact) mass is 494 g/mol. The molecule has 1 unspecified atom stereocenters. The second kappa shape index (κ2) is 9.81. The standard InChI is InChI=1S/C29H27FN6O/c1-16(2)29(37)35-19-10-17(13-33-15-19)18-11-23(28(32)34-14-18)27(31)26-12-22-20(7-5-9-25(22)36-26)21-6-3-4-8-24(21)30/h3-9,11-17,31,36H,10H2,1-2H3,(H2,32,34)(H,35,37). The van der Waals surface area contributed by atoms with Gasteiger partial charge in [-0.05, 0) is 35.4 Å². The number of aromatic nitrogens is 2. The van der Waals surface area contributed by atoms with Gasteiger partial charge in [0.25, 0.3) is 0 Å². The maximum Gasteiger partial charge on any atom is 0.226 e. The largest absolute Gasteiger partial charge is 0.383 e. The summed E-state index contributed by atoms with van der Waals surface area (Å²) in [6.07, 6.45) is 5.69. The van der Waals surface area contributed by atoms with Gasteiger partial charge in [0.2, 0.25) is 5.91 Å². The summed E-state index contributed by atoms with van der Waals surface area (Å²) in [7, 11) is 0. The summed E-state index contributed by atoms with van der Waals surface area (Å²) in [5.41, 5.74) is 11.0. The number of hydrogen-bond acceptors (Lipinski definition) is 5. The van der Waals surface area contributed by atoms with Crippen molar-refractivity contribution in [3.63, 3.8) is 0 Å². The maximum atomic E-state index is 14.5. The minimum atomic E-state index is -0.305. The lowest BCUT2D eigenvalue weighted by Crippen LogP contribution is -2.28. The van der Waals surface area contributed by atoms with Gasteiger partial charge in [-0.2, -0.15) is 0 Å². The lowest BCUT2D eigenvalue weighted by atomic mass is 9.93. The Bertz CT molecular complexity index is 1580. The number of pyridine rings is 1. The number of nitrogen functional groups attached to an aromatic ring is 1. The van der Waals surface area contributed by atoms with Crippen LogP contribution < -0.4 is 11.1 Å². The highest BCUT2D eigenvalue weighted by Gasteiger charge is 2.21. The van der Waals surface area contributed by atoms with Gasteiger partial charge in [0.05, 0.1) is 11.4 Å². The number of rotatable bonds is 6. The Labute approximate surface area is 213 Å². The number of fused-ring (bicyclic) bond motifs is 1. The van der Waals surface area contributed by atoms with E-state index in [4.69, 9.17) is 11.1 Å². The molecule has 3 heterocycles. The zero-order chi connectivity index (χ0) is 26.1. The smallest absolute Gasteiger partial charge is 0.226 e. The maximum absolute atomic E-state index is 14.5. The lowest BCUT2D eigenvalue weighted by Gasteiger charge is -2.20. The molecule has 8 heteroatoms. The van der Waals surface area contributed by atoms with Gasteiger partial charge in [-0.3, -0.25) is 15.2 Å². The molecule has 1 atom stereocenters. The molecule has 0 spiro atoms. The molecule has 2 aromatic heterocycles. The van der Waals surface area contributed by atoms with Crippen LogP contribution in [0.3, 0.4) is 0 Å². The molecule has 0 radical (unpaired) electrons. The van der Waals surface area contributed by atoms with Crippen molar-refractivity contribution in [2.45, 2.75) is 26.2 Å². The van der Waals surface area contributed by atoms with E-state index in [0.29, 0.717) is 23.2 Å². The number of H-pyrrole nitrogens is 1. The van der Waals surface area contributed by atoms with Gasteiger partial charge in [-0.25, -0.2) is 9.37 Å². The third-order valence-electron chi connectivity index (χ3n) is 6.48. The van der Waals surface area contributed by atoms with E-state index >= 15 is 0 Å². The Balaban J connectivity index is 1.45. The zero-order valence-electron chi connectivity index (χ0n) is 20.5. The van der Waals surface area contributed by atoms with E-state index < -0.39 is 0 Å². The Kier molecular flexibility index (Phi) is 6.40. The van der Waals surface area contributed by atoms with Gasteiger partial charge in [0, 0.05) is 64.6 Å². The molecule has 5 rings (SSSR count). The molecule has 0 fully saturated rings. The summed E-state index contributed by atoms with van der Waals surface area (Å²) < 4.78 is 14.5. The predicted octanol–water partition coefficient (Wildman–Crippen LogP) is 5.54. The number of anilines is 1. The summed E-state index contributed by atoms with van der Waals surface area (Å²) in [5.74, 6) is -0.388. The van der Waals surface area contributed by atoms with Crippen LogP contribution >= 0.6 is 0 Å². The number of aromatic amines is 1. The molecular formula is C29H27FN6O. The zero-order valence-corrected chi connectivity index (χ0v) is 20.5. The molecule has 4 aromatic rings. The molecule has 1 amide bonds. The van der Waals surface area contributed by atoms with E-state index in [1.165, 1.54) is 6.07 Å². The first-order valence-corrected chi connectivity index (χ1v) is 12.1. The van der Waals surface area contributed by atoms with E-state index in [9.17, 15) is 9.18 Å². The van der Waals surface area contributed by atoms with Crippen molar-refractivity contribution in [1.82, 2.24) is 15.3 Å². The molecule has 5 N–H and O–H groups in total. The van der Waals surface area contributed by atoms with Crippen LogP contribution in [0.5, 0.6) is 0 Å². The van der Waals surface area contributed by atoms with Crippen molar-refractivity contribution in [3.05, 3.63) is 95.3 Å². The van der Waals surface area contributed by atoms with E-state index in [1.54, 1.807) is 36.8 Å². The van der Waals surface area contributed by atoms with Crippen molar-refractivity contribution in [1.29, 1.82) is 5.41 Å². The number of aliphatic imine (C=N–C) groups is 1. The highest BCUT2D eigenvalue weighted by molar-refractivity contribution is 6.15. The van der Waals surface area contributed by atoms with Crippen LogP contribution in [-0.4, -0.2) is 27.8 Å². The number of nitrogens with one attached hydrogen (secondary N) is 3. The Hall–Kier alpha value is -4.59. The van der Waals surface area contributed by atoms with Crippen LogP contribution in [0.4, 0.5) is 10.2 Å². The average Bonchev–Trinajstić information content (AvgIpc) is 3.34. The molecular weight excluding hydrogens is 467 g/mol. The third-order valence-corrected chi connectivity index (χ3v) is 6.48. The number of allylic oxidation sites excluding steroid dienone is 1. The minimum absolute atomic E-state index is 0.0615. The summed E-state index contributed by atoms with van der Waals surface area (Å²) in [6, 6.07) is 15.9. The molecule has 0 saturated carbocycles. The van der Waals surface area contributed by atoms with Gasteiger partial charge < -0.3 is 16.0 Å². The Morgan fingerprint density at radius 2 is 1.95 bits per heavy atom. The van der Waals surface area contributed by atoms with Gasteiger partial charge in [-0.15, -0.1) is 0 Å². The number of carbonyl (C=O) groups excluding carboxylic acids is 1. The van der Waals surface area contributed by atoms with E-state index in [2.05, 4.69) is 20.3 Å². The average molecular weight is 495 g/mol.